The van der Waals surface area contributed by atoms with Gasteiger partial charge in [0.25, 0.3) is 5.91 Å². The van der Waals surface area contributed by atoms with E-state index in [2.05, 4.69) is 0 Å². The molecule has 0 radical (unpaired) electrons. The third-order valence-electron chi connectivity index (χ3n) is 5.97. The monoisotopic (exact) mass is 360 g/mol. The third-order valence-corrected chi connectivity index (χ3v) is 5.97. The molecule has 2 fully saturated rings. The van der Waals surface area contributed by atoms with E-state index >= 15 is 0 Å². The Morgan fingerprint density at radius 2 is 1.96 bits per heavy atom. The summed E-state index contributed by atoms with van der Waals surface area (Å²) in [5.74, 6) is -0.856. The van der Waals surface area contributed by atoms with Crippen LogP contribution in [0.3, 0.4) is 0 Å². The van der Waals surface area contributed by atoms with Gasteiger partial charge in [0.15, 0.2) is 0 Å². The van der Waals surface area contributed by atoms with E-state index in [1.165, 1.54) is 0 Å². The van der Waals surface area contributed by atoms with Crippen LogP contribution in [0, 0.1) is 19.3 Å². The highest BCUT2D eigenvalue weighted by Crippen LogP contribution is 2.39. The summed E-state index contributed by atoms with van der Waals surface area (Å²) in [5, 5.41) is 19.8. The van der Waals surface area contributed by atoms with Crippen LogP contribution in [0.15, 0.2) is 18.2 Å². The zero-order valence-electron chi connectivity index (χ0n) is 15.6. The molecule has 1 spiro atoms. The molecule has 0 unspecified atom stereocenters. The number of hydrogen-bond acceptors (Lipinski definition) is 4. The SMILES string of the molecule is Cc1ccc(C(=O)N2CCC[C@@]3(CN(CC(=O)O)CC[C@H]3O)C2)cc1C. The molecule has 0 bridgehead atoms. The number of carbonyl (C=O) groups is 2. The molecule has 2 atom stereocenters. The van der Waals surface area contributed by atoms with Crippen LogP contribution in [0.4, 0.5) is 0 Å². The lowest BCUT2D eigenvalue weighted by Crippen LogP contribution is -2.60. The normalized spacial score (nSPS) is 26.9. The zero-order chi connectivity index (χ0) is 18.9. The minimum Gasteiger partial charge on any atom is -0.480 e. The van der Waals surface area contributed by atoms with Crippen molar-refractivity contribution in [3.8, 4) is 0 Å². The summed E-state index contributed by atoms with van der Waals surface area (Å²) in [6, 6.07) is 5.75. The molecule has 2 aliphatic rings. The van der Waals surface area contributed by atoms with Crippen molar-refractivity contribution in [2.75, 3.05) is 32.7 Å². The molecule has 26 heavy (non-hydrogen) atoms. The van der Waals surface area contributed by atoms with Crippen molar-refractivity contribution in [1.82, 2.24) is 9.80 Å². The number of piperidine rings is 2. The molecule has 0 aromatic heterocycles. The van der Waals surface area contributed by atoms with Crippen LogP contribution in [0.2, 0.25) is 0 Å². The van der Waals surface area contributed by atoms with E-state index < -0.39 is 17.5 Å². The van der Waals surface area contributed by atoms with E-state index in [1.54, 1.807) is 0 Å². The van der Waals surface area contributed by atoms with Gasteiger partial charge >= 0.3 is 5.97 Å². The first-order chi connectivity index (χ1) is 12.3. The molecule has 1 aromatic carbocycles. The lowest BCUT2D eigenvalue weighted by molar-refractivity contribution is -0.141. The molecule has 1 aromatic rings. The molecule has 2 N–H and O–H groups in total. The van der Waals surface area contributed by atoms with Gasteiger partial charge in [0.05, 0.1) is 12.6 Å². The van der Waals surface area contributed by atoms with Gasteiger partial charge in [-0.15, -0.1) is 0 Å². The average molecular weight is 360 g/mol. The van der Waals surface area contributed by atoms with Crippen molar-refractivity contribution in [2.24, 2.45) is 5.41 Å². The van der Waals surface area contributed by atoms with Crippen LogP contribution in [-0.2, 0) is 4.79 Å². The van der Waals surface area contributed by atoms with E-state index in [1.807, 2.05) is 41.8 Å². The van der Waals surface area contributed by atoms with Gasteiger partial charge in [-0.2, -0.15) is 0 Å². The first kappa shape index (κ1) is 18.9. The number of carboxylic acid groups (broad SMARTS) is 1. The number of aryl methyl sites for hydroxylation is 2. The maximum absolute atomic E-state index is 13.0. The highest BCUT2D eigenvalue weighted by atomic mass is 16.4. The molecule has 6 nitrogen and oxygen atoms in total. The summed E-state index contributed by atoms with van der Waals surface area (Å²) in [7, 11) is 0. The van der Waals surface area contributed by atoms with Crippen LogP contribution in [0.25, 0.3) is 0 Å². The van der Waals surface area contributed by atoms with Crippen LogP contribution < -0.4 is 0 Å². The van der Waals surface area contributed by atoms with Crippen molar-refractivity contribution >= 4 is 11.9 Å². The van der Waals surface area contributed by atoms with Gasteiger partial charge in [0, 0.05) is 37.2 Å². The summed E-state index contributed by atoms with van der Waals surface area (Å²) in [6.07, 6.45) is 1.71. The van der Waals surface area contributed by atoms with Crippen molar-refractivity contribution in [1.29, 1.82) is 0 Å². The molecular weight excluding hydrogens is 332 g/mol. The number of amides is 1. The van der Waals surface area contributed by atoms with Gasteiger partial charge in [-0.25, -0.2) is 0 Å². The number of aliphatic hydroxyl groups excluding tert-OH is 1. The number of aliphatic hydroxyl groups is 1. The van der Waals surface area contributed by atoms with Gasteiger partial charge in [0.1, 0.15) is 0 Å². The van der Waals surface area contributed by atoms with E-state index in [0.717, 1.165) is 24.0 Å². The second-order valence-corrected chi connectivity index (χ2v) is 7.90. The number of carboxylic acids is 1. The Labute approximate surface area is 154 Å². The van der Waals surface area contributed by atoms with Gasteiger partial charge in [-0.3, -0.25) is 14.5 Å². The Morgan fingerprint density at radius 1 is 1.19 bits per heavy atom. The third kappa shape index (κ3) is 3.76. The Hall–Kier alpha value is -1.92. The first-order valence-electron chi connectivity index (χ1n) is 9.29. The van der Waals surface area contributed by atoms with Crippen LogP contribution in [0.5, 0.6) is 0 Å². The Bertz CT molecular complexity index is 705. The summed E-state index contributed by atoms with van der Waals surface area (Å²) >= 11 is 0. The van der Waals surface area contributed by atoms with Crippen molar-refractivity contribution in [2.45, 2.75) is 39.2 Å². The van der Waals surface area contributed by atoms with E-state index in [0.29, 0.717) is 38.2 Å². The maximum atomic E-state index is 13.0. The molecule has 2 saturated heterocycles. The molecule has 0 saturated carbocycles. The molecule has 142 valence electrons. The Kier molecular flexibility index (Phi) is 5.34. The zero-order valence-corrected chi connectivity index (χ0v) is 15.6. The Balaban J connectivity index is 1.77. The number of carbonyl (C=O) groups excluding carboxylic acids is 1. The van der Waals surface area contributed by atoms with Crippen LogP contribution in [-0.4, -0.2) is 70.7 Å². The van der Waals surface area contributed by atoms with Crippen molar-refractivity contribution in [3.63, 3.8) is 0 Å². The second kappa shape index (κ2) is 7.37. The topological polar surface area (TPSA) is 81.1 Å². The first-order valence-corrected chi connectivity index (χ1v) is 9.29. The molecular formula is C20H28N2O4. The number of likely N-dealkylation sites (tertiary alicyclic amines) is 2. The standard InChI is InChI=1S/C20H28N2O4/c1-14-4-5-16(10-15(14)2)19(26)22-8-3-7-20(13-22)12-21(11-18(24)25)9-6-17(20)23/h4-5,10,17,23H,3,6-9,11-13H2,1-2H3,(H,24,25)/t17-,20-/m1/s1. The summed E-state index contributed by atoms with van der Waals surface area (Å²) < 4.78 is 0. The number of rotatable bonds is 3. The van der Waals surface area contributed by atoms with E-state index in [-0.39, 0.29) is 12.5 Å². The van der Waals surface area contributed by atoms with Crippen LogP contribution in [0.1, 0.15) is 40.7 Å². The quantitative estimate of drug-likeness (QED) is 0.857. The molecule has 6 heteroatoms. The number of nitrogens with zero attached hydrogens (tertiary/aromatic N) is 2. The summed E-state index contributed by atoms with van der Waals surface area (Å²) in [6.45, 7) is 6.28. The van der Waals surface area contributed by atoms with E-state index in [4.69, 9.17) is 5.11 Å². The minimum atomic E-state index is -0.851. The summed E-state index contributed by atoms with van der Waals surface area (Å²) in [4.78, 5) is 27.8. The molecule has 0 aliphatic carbocycles. The largest absolute Gasteiger partial charge is 0.480 e. The maximum Gasteiger partial charge on any atom is 0.317 e. The average Bonchev–Trinajstić information content (AvgIpc) is 2.60. The van der Waals surface area contributed by atoms with Gasteiger partial charge in [-0.05, 0) is 56.4 Å². The number of benzene rings is 1. The fourth-order valence-corrected chi connectivity index (χ4v) is 4.36. The van der Waals surface area contributed by atoms with E-state index in [9.17, 15) is 14.7 Å². The molecule has 3 rings (SSSR count). The fraction of sp³-hybridized carbons (Fsp3) is 0.600. The number of hydrogen-bond donors (Lipinski definition) is 2. The predicted octanol–water partition coefficient (Wildman–Crippen LogP) is 1.68. The second-order valence-electron chi connectivity index (χ2n) is 7.90. The minimum absolute atomic E-state index is 0.00488. The van der Waals surface area contributed by atoms with Gasteiger partial charge in [-0.1, -0.05) is 6.07 Å². The predicted molar refractivity (Wildman–Crippen MR) is 98.2 cm³/mol. The highest BCUT2D eigenvalue weighted by Gasteiger charge is 2.46. The van der Waals surface area contributed by atoms with Crippen LogP contribution >= 0.6 is 0 Å². The lowest BCUT2D eigenvalue weighted by Gasteiger charge is -2.50. The smallest absolute Gasteiger partial charge is 0.317 e. The molecule has 1 amide bonds. The number of aliphatic carboxylic acids is 1. The molecule has 2 aliphatic heterocycles. The van der Waals surface area contributed by atoms with Crippen molar-refractivity contribution in [3.05, 3.63) is 34.9 Å². The van der Waals surface area contributed by atoms with Gasteiger partial charge in [0.2, 0.25) is 0 Å². The molecule has 2 heterocycles. The Morgan fingerprint density at radius 3 is 2.65 bits per heavy atom. The lowest BCUT2D eigenvalue weighted by atomic mass is 9.71. The van der Waals surface area contributed by atoms with Gasteiger partial charge < -0.3 is 15.1 Å². The fourth-order valence-electron chi connectivity index (χ4n) is 4.36. The van der Waals surface area contributed by atoms with Crippen molar-refractivity contribution < 1.29 is 19.8 Å². The highest BCUT2D eigenvalue weighted by molar-refractivity contribution is 5.94. The summed E-state index contributed by atoms with van der Waals surface area (Å²) in [5.41, 5.74) is 2.50.